The van der Waals surface area contributed by atoms with Gasteiger partial charge in [-0.05, 0) is 42.8 Å². The van der Waals surface area contributed by atoms with Crippen molar-refractivity contribution in [1.29, 1.82) is 0 Å². The number of carbonyl (C=O) groups is 1. The van der Waals surface area contributed by atoms with Crippen molar-refractivity contribution in [3.8, 4) is 11.5 Å². The van der Waals surface area contributed by atoms with Gasteiger partial charge in [0.15, 0.2) is 11.5 Å². The van der Waals surface area contributed by atoms with E-state index in [2.05, 4.69) is 20.6 Å². The molecule has 0 aliphatic heterocycles. The molecule has 0 unspecified atom stereocenters. The van der Waals surface area contributed by atoms with E-state index in [0.717, 1.165) is 5.56 Å². The van der Waals surface area contributed by atoms with Gasteiger partial charge in [-0.15, -0.1) is 0 Å². The topological polar surface area (TPSA) is 85.4 Å². The molecule has 0 spiro atoms. The van der Waals surface area contributed by atoms with Gasteiger partial charge in [0.2, 0.25) is 5.95 Å². The molecular formula is C20H19ClN4O3. The molecule has 1 amide bonds. The zero-order chi connectivity index (χ0) is 20.1. The summed E-state index contributed by atoms with van der Waals surface area (Å²) in [7, 11) is 3.12. The van der Waals surface area contributed by atoms with Crippen molar-refractivity contribution in [1.82, 2.24) is 9.97 Å². The lowest BCUT2D eigenvalue weighted by atomic mass is 10.2. The highest BCUT2D eigenvalue weighted by molar-refractivity contribution is 6.31. The van der Waals surface area contributed by atoms with Gasteiger partial charge in [-0.1, -0.05) is 17.7 Å². The van der Waals surface area contributed by atoms with E-state index >= 15 is 0 Å². The molecule has 8 heteroatoms. The number of carbonyl (C=O) groups excluding carboxylic acids is 1. The van der Waals surface area contributed by atoms with Gasteiger partial charge in [0.25, 0.3) is 5.91 Å². The van der Waals surface area contributed by atoms with E-state index in [1.54, 1.807) is 44.6 Å². The molecule has 0 atom stereocenters. The van der Waals surface area contributed by atoms with Gasteiger partial charge in [0.1, 0.15) is 5.69 Å². The number of methoxy groups -OCH3 is 2. The molecule has 0 aliphatic carbocycles. The number of anilines is 3. The minimum atomic E-state index is -0.363. The maximum atomic E-state index is 12.5. The fraction of sp³-hybridized carbons (Fsp3) is 0.150. The lowest BCUT2D eigenvalue weighted by Crippen LogP contribution is -2.14. The molecule has 0 saturated heterocycles. The molecule has 3 rings (SSSR count). The average Bonchev–Trinajstić information content (AvgIpc) is 2.71. The van der Waals surface area contributed by atoms with Crippen LogP contribution in [0.25, 0.3) is 0 Å². The van der Waals surface area contributed by atoms with E-state index in [9.17, 15) is 4.79 Å². The lowest BCUT2D eigenvalue weighted by molar-refractivity contribution is 0.102. The zero-order valence-corrected chi connectivity index (χ0v) is 16.4. The van der Waals surface area contributed by atoms with Gasteiger partial charge >= 0.3 is 0 Å². The molecule has 3 aromatic rings. The number of nitrogens with one attached hydrogen (secondary N) is 2. The smallest absolute Gasteiger partial charge is 0.274 e. The predicted molar refractivity (Wildman–Crippen MR) is 109 cm³/mol. The largest absolute Gasteiger partial charge is 0.493 e. The van der Waals surface area contributed by atoms with Gasteiger partial charge in [-0.25, -0.2) is 9.97 Å². The molecule has 0 fully saturated rings. The van der Waals surface area contributed by atoms with Crippen LogP contribution in [0.15, 0.2) is 48.7 Å². The van der Waals surface area contributed by atoms with E-state index in [4.69, 9.17) is 21.1 Å². The Morgan fingerprint density at radius 1 is 1.00 bits per heavy atom. The fourth-order valence-corrected chi connectivity index (χ4v) is 2.63. The van der Waals surface area contributed by atoms with Crippen molar-refractivity contribution < 1.29 is 14.3 Å². The van der Waals surface area contributed by atoms with Crippen LogP contribution in [-0.4, -0.2) is 30.1 Å². The van der Waals surface area contributed by atoms with Crippen LogP contribution in [0.3, 0.4) is 0 Å². The molecule has 2 aromatic carbocycles. The summed E-state index contributed by atoms with van der Waals surface area (Å²) in [6.45, 7) is 1.89. The number of halogens is 1. The standard InChI is InChI=1S/C20H19ClN4O3/c1-12-4-5-13(10-15(12)21)23-19(26)16-8-9-22-20(25-16)24-14-6-7-17(27-2)18(11-14)28-3/h4-11H,1-3H3,(H,23,26)(H,22,24,25). The normalized spacial score (nSPS) is 10.3. The minimum Gasteiger partial charge on any atom is -0.493 e. The second kappa shape index (κ2) is 8.58. The SMILES string of the molecule is COc1ccc(Nc2nccc(C(=O)Nc3ccc(C)c(Cl)c3)n2)cc1OC. The second-order valence-corrected chi connectivity index (χ2v) is 6.29. The summed E-state index contributed by atoms with van der Waals surface area (Å²) >= 11 is 6.10. The Morgan fingerprint density at radius 3 is 2.46 bits per heavy atom. The number of benzene rings is 2. The number of amides is 1. The first-order valence-electron chi connectivity index (χ1n) is 8.39. The van der Waals surface area contributed by atoms with Gasteiger partial charge in [0.05, 0.1) is 14.2 Å². The van der Waals surface area contributed by atoms with Crippen LogP contribution in [0, 0.1) is 6.92 Å². The Balaban J connectivity index is 1.76. The van der Waals surface area contributed by atoms with E-state index in [1.807, 2.05) is 13.0 Å². The van der Waals surface area contributed by atoms with Gasteiger partial charge in [-0.2, -0.15) is 0 Å². The highest BCUT2D eigenvalue weighted by atomic mass is 35.5. The van der Waals surface area contributed by atoms with Gasteiger partial charge in [-0.3, -0.25) is 4.79 Å². The summed E-state index contributed by atoms with van der Waals surface area (Å²) < 4.78 is 10.5. The third-order valence-corrected chi connectivity index (χ3v) is 4.36. The summed E-state index contributed by atoms with van der Waals surface area (Å²) in [4.78, 5) is 20.9. The number of nitrogens with zero attached hydrogens (tertiary/aromatic N) is 2. The first-order valence-corrected chi connectivity index (χ1v) is 8.77. The van der Waals surface area contributed by atoms with Crippen LogP contribution < -0.4 is 20.1 Å². The molecule has 0 bridgehead atoms. The van der Waals surface area contributed by atoms with Crippen molar-refractivity contribution >= 4 is 34.8 Å². The van der Waals surface area contributed by atoms with E-state index in [-0.39, 0.29) is 17.5 Å². The minimum absolute atomic E-state index is 0.217. The van der Waals surface area contributed by atoms with Crippen LogP contribution in [-0.2, 0) is 0 Å². The molecular weight excluding hydrogens is 380 g/mol. The van der Waals surface area contributed by atoms with Crippen molar-refractivity contribution in [2.24, 2.45) is 0 Å². The maximum absolute atomic E-state index is 12.5. The van der Waals surface area contributed by atoms with Crippen molar-refractivity contribution in [2.75, 3.05) is 24.9 Å². The predicted octanol–water partition coefficient (Wildman–Crippen LogP) is 4.45. The molecule has 2 N–H and O–H groups in total. The Morgan fingerprint density at radius 2 is 1.75 bits per heavy atom. The molecule has 1 heterocycles. The number of aryl methyl sites for hydroxylation is 1. The average molecular weight is 399 g/mol. The van der Waals surface area contributed by atoms with E-state index in [1.165, 1.54) is 12.3 Å². The molecule has 1 aromatic heterocycles. The fourth-order valence-electron chi connectivity index (χ4n) is 2.45. The molecule has 7 nitrogen and oxygen atoms in total. The molecule has 144 valence electrons. The third-order valence-electron chi connectivity index (χ3n) is 3.96. The van der Waals surface area contributed by atoms with Crippen LogP contribution in [0.1, 0.15) is 16.1 Å². The highest BCUT2D eigenvalue weighted by Gasteiger charge is 2.11. The molecule has 28 heavy (non-hydrogen) atoms. The van der Waals surface area contributed by atoms with E-state index in [0.29, 0.717) is 27.9 Å². The number of rotatable bonds is 6. The maximum Gasteiger partial charge on any atom is 0.274 e. The summed E-state index contributed by atoms with van der Waals surface area (Å²) in [6, 6.07) is 12.2. The Hall–Kier alpha value is -3.32. The van der Waals surface area contributed by atoms with Crippen LogP contribution in [0.5, 0.6) is 11.5 Å². The van der Waals surface area contributed by atoms with Crippen LogP contribution in [0.2, 0.25) is 5.02 Å². The molecule has 0 aliphatic rings. The monoisotopic (exact) mass is 398 g/mol. The van der Waals surface area contributed by atoms with Gasteiger partial charge in [0, 0.05) is 28.7 Å². The van der Waals surface area contributed by atoms with Gasteiger partial charge < -0.3 is 20.1 Å². The number of hydrogen-bond acceptors (Lipinski definition) is 6. The van der Waals surface area contributed by atoms with Crippen molar-refractivity contribution in [2.45, 2.75) is 6.92 Å². The zero-order valence-electron chi connectivity index (χ0n) is 15.6. The summed E-state index contributed by atoms with van der Waals surface area (Å²) in [6.07, 6.45) is 1.51. The first kappa shape index (κ1) is 19.4. The van der Waals surface area contributed by atoms with Crippen molar-refractivity contribution in [3.05, 3.63) is 64.9 Å². The molecule has 0 radical (unpaired) electrons. The van der Waals surface area contributed by atoms with Crippen LogP contribution in [0.4, 0.5) is 17.3 Å². The van der Waals surface area contributed by atoms with Crippen LogP contribution >= 0.6 is 11.6 Å². The Labute approximate surface area is 167 Å². The van der Waals surface area contributed by atoms with Crippen molar-refractivity contribution in [3.63, 3.8) is 0 Å². The Kier molecular flexibility index (Phi) is 5.96. The summed E-state index contributed by atoms with van der Waals surface area (Å²) in [5.74, 6) is 1.09. The number of hydrogen-bond donors (Lipinski definition) is 2. The first-order chi connectivity index (χ1) is 13.5. The third kappa shape index (κ3) is 4.50. The second-order valence-electron chi connectivity index (χ2n) is 5.88. The quantitative estimate of drug-likeness (QED) is 0.638. The summed E-state index contributed by atoms with van der Waals surface area (Å²) in [5.41, 5.74) is 2.44. The number of ether oxygens (including phenoxy) is 2. The highest BCUT2D eigenvalue weighted by Crippen LogP contribution is 2.30. The van der Waals surface area contributed by atoms with E-state index < -0.39 is 0 Å². The Bertz CT molecular complexity index is 1010. The lowest BCUT2D eigenvalue weighted by Gasteiger charge is -2.11. The number of aromatic nitrogens is 2. The molecule has 0 saturated carbocycles. The summed E-state index contributed by atoms with van der Waals surface area (Å²) in [5, 5.41) is 6.40.